The molecule has 2 N–H and O–H groups in total. The van der Waals surface area contributed by atoms with E-state index < -0.39 is 29.4 Å². The lowest BCUT2D eigenvalue weighted by Crippen LogP contribution is -2.14. The highest BCUT2D eigenvalue weighted by Gasteiger charge is 2.32. The van der Waals surface area contributed by atoms with Crippen molar-refractivity contribution >= 4 is 29.0 Å². The number of rotatable bonds is 4. The number of H-pyrrole nitrogens is 1. The zero-order chi connectivity index (χ0) is 20.5. The molecule has 0 unspecified atom stereocenters. The number of carbonyl (C=O) groups excluding carboxylic acids is 2. The van der Waals surface area contributed by atoms with Gasteiger partial charge in [-0.25, -0.2) is 4.39 Å². The smallest absolute Gasteiger partial charge is 0.356 e. The minimum Gasteiger partial charge on any atom is -0.356 e. The van der Waals surface area contributed by atoms with Crippen molar-refractivity contribution in [1.29, 1.82) is 0 Å². The minimum absolute atomic E-state index is 0.0390. The molecule has 0 fully saturated rings. The Kier molecular flexibility index (Phi) is 5.19. The van der Waals surface area contributed by atoms with E-state index >= 15 is 0 Å². The number of amides is 1. The molecule has 0 aliphatic heterocycles. The summed E-state index contributed by atoms with van der Waals surface area (Å²) in [4.78, 5) is 30.4. The first-order chi connectivity index (χ1) is 13.2. The number of halogens is 5. The Bertz CT molecular complexity index is 1040. The molecule has 10 heteroatoms. The highest BCUT2D eigenvalue weighted by Crippen LogP contribution is 2.29. The Balaban J connectivity index is 1.81. The maximum absolute atomic E-state index is 13.9. The van der Waals surface area contributed by atoms with Crippen LogP contribution in [0, 0.1) is 5.82 Å². The number of pyridine rings is 1. The number of hydrogen-bond donors (Lipinski definition) is 2. The lowest BCUT2D eigenvalue weighted by atomic mass is 10.1. The maximum Gasteiger partial charge on any atom is 0.433 e. The van der Waals surface area contributed by atoms with Gasteiger partial charge in [0.15, 0.2) is 5.78 Å². The number of anilines is 1. The van der Waals surface area contributed by atoms with Crippen LogP contribution in [0.5, 0.6) is 0 Å². The van der Waals surface area contributed by atoms with Crippen LogP contribution in [0.2, 0.25) is 5.02 Å². The molecule has 0 radical (unpaired) electrons. The van der Waals surface area contributed by atoms with Crippen molar-refractivity contribution in [3.05, 3.63) is 82.1 Å². The largest absolute Gasteiger partial charge is 0.433 e. The SMILES string of the molecule is O=C(Nc1ccnc(C(F)(F)F)c1)c1cc(C(=O)c2c(F)cccc2Cl)c[nH]1. The average molecular weight is 412 g/mol. The molecule has 0 aliphatic carbocycles. The van der Waals surface area contributed by atoms with E-state index in [0.717, 1.165) is 18.3 Å². The van der Waals surface area contributed by atoms with Gasteiger partial charge in [-0.15, -0.1) is 0 Å². The number of nitrogens with zero attached hydrogens (tertiary/aromatic N) is 1. The number of aromatic amines is 1. The second-order valence-corrected chi connectivity index (χ2v) is 6.02. The van der Waals surface area contributed by atoms with Gasteiger partial charge in [0.05, 0.1) is 10.6 Å². The number of alkyl halides is 3. The Morgan fingerprint density at radius 2 is 1.89 bits per heavy atom. The predicted octanol–water partition coefficient (Wildman–Crippen LogP) is 4.70. The van der Waals surface area contributed by atoms with E-state index in [2.05, 4.69) is 15.3 Å². The van der Waals surface area contributed by atoms with Gasteiger partial charge in [-0.1, -0.05) is 17.7 Å². The number of carbonyl (C=O) groups is 2. The summed E-state index contributed by atoms with van der Waals surface area (Å²) >= 11 is 5.85. The number of aromatic nitrogens is 2. The van der Waals surface area contributed by atoms with Gasteiger partial charge in [0.25, 0.3) is 5.91 Å². The average Bonchev–Trinajstić information content (AvgIpc) is 3.11. The quantitative estimate of drug-likeness (QED) is 0.482. The first-order valence-corrected chi connectivity index (χ1v) is 8.06. The molecule has 28 heavy (non-hydrogen) atoms. The molecule has 3 aromatic rings. The molecule has 2 aromatic heterocycles. The highest BCUT2D eigenvalue weighted by atomic mass is 35.5. The van der Waals surface area contributed by atoms with Gasteiger partial charge < -0.3 is 10.3 Å². The van der Waals surface area contributed by atoms with Crippen molar-refractivity contribution < 1.29 is 27.2 Å². The molecule has 0 bridgehead atoms. The third-order valence-electron chi connectivity index (χ3n) is 3.69. The summed E-state index contributed by atoms with van der Waals surface area (Å²) in [5.41, 5.74) is -1.79. The van der Waals surface area contributed by atoms with Gasteiger partial charge in [-0.05, 0) is 30.3 Å². The van der Waals surface area contributed by atoms with Crippen LogP contribution in [0.15, 0.2) is 48.8 Å². The van der Waals surface area contributed by atoms with Crippen molar-refractivity contribution in [2.24, 2.45) is 0 Å². The lowest BCUT2D eigenvalue weighted by Gasteiger charge is -2.08. The van der Waals surface area contributed by atoms with Crippen LogP contribution < -0.4 is 5.32 Å². The molecule has 0 atom stereocenters. The molecule has 0 saturated heterocycles. The molecular formula is C18H10ClF4N3O2. The van der Waals surface area contributed by atoms with Gasteiger partial charge >= 0.3 is 6.18 Å². The molecule has 3 rings (SSSR count). The van der Waals surface area contributed by atoms with Gasteiger partial charge in [-0.3, -0.25) is 14.6 Å². The first kappa shape index (κ1) is 19.6. The van der Waals surface area contributed by atoms with Crippen molar-refractivity contribution in [3.63, 3.8) is 0 Å². The standard InChI is InChI=1S/C18H10ClF4N3O2/c19-11-2-1-3-12(20)15(11)16(27)9-6-13(25-8-9)17(28)26-10-4-5-24-14(7-10)18(21,22)23/h1-8,25H,(H,24,26,28). The third-order valence-corrected chi connectivity index (χ3v) is 4.00. The monoisotopic (exact) mass is 411 g/mol. The molecule has 1 amide bonds. The molecule has 2 heterocycles. The van der Waals surface area contributed by atoms with Crippen molar-refractivity contribution in [3.8, 4) is 0 Å². The fourth-order valence-electron chi connectivity index (χ4n) is 2.38. The number of nitrogens with one attached hydrogen (secondary N) is 2. The summed E-state index contributed by atoms with van der Waals surface area (Å²) < 4.78 is 51.9. The maximum atomic E-state index is 13.9. The van der Waals surface area contributed by atoms with Crippen molar-refractivity contribution in [1.82, 2.24) is 9.97 Å². The van der Waals surface area contributed by atoms with Crippen molar-refractivity contribution in [2.75, 3.05) is 5.32 Å². The summed E-state index contributed by atoms with van der Waals surface area (Å²) in [5, 5.41) is 2.17. The zero-order valence-corrected chi connectivity index (χ0v) is 14.5. The van der Waals surface area contributed by atoms with E-state index in [9.17, 15) is 27.2 Å². The molecule has 0 spiro atoms. The van der Waals surface area contributed by atoms with Crippen LogP contribution in [-0.4, -0.2) is 21.7 Å². The fraction of sp³-hybridized carbons (Fsp3) is 0.0556. The zero-order valence-electron chi connectivity index (χ0n) is 13.8. The second-order valence-electron chi connectivity index (χ2n) is 5.61. The van der Waals surface area contributed by atoms with Crippen molar-refractivity contribution in [2.45, 2.75) is 6.18 Å². The molecule has 0 saturated carbocycles. The summed E-state index contributed by atoms with van der Waals surface area (Å²) in [5.74, 6) is -2.36. The molecule has 5 nitrogen and oxygen atoms in total. The van der Waals surface area contributed by atoms with E-state index in [1.165, 1.54) is 24.4 Å². The van der Waals surface area contributed by atoms with Gasteiger partial charge in [0, 0.05) is 23.6 Å². The van der Waals surface area contributed by atoms with E-state index in [-0.39, 0.29) is 27.5 Å². The lowest BCUT2D eigenvalue weighted by molar-refractivity contribution is -0.141. The molecule has 0 aliphatic rings. The number of benzene rings is 1. The van der Waals surface area contributed by atoms with Crippen LogP contribution in [0.25, 0.3) is 0 Å². The topological polar surface area (TPSA) is 74.8 Å². The van der Waals surface area contributed by atoms with E-state index in [1.807, 2.05) is 0 Å². The molecule has 1 aromatic carbocycles. The van der Waals surface area contributed by atoms with E-state index in [4.69, 9.17) is 11.6 Å². The summed E-state index contributed by atoms with van der Waals surface area (Å²) in [6.07, 6.45) is -2.58. The van der Waals surface area contributed by atoms with Gasteiger partial charge in [0.1, 0.15) is 17.2 Å². The summed E-state index contributed by atoms with van der Waals surface area (Å²) in [6, 6.07) is 6.76. The Hall–Kier alpha value is -3.20. The Morgan fingerprint density at radius 1 is 1.14 bits per heavy atom. The van der Waals surface area contributed by atoms with Crippen LogP contribution in [0.1, 0.15) is 32.1 Å². The van der Waals surface area contributed by atoms with Crippen LogP contribution in [0.3, 0.4) is 0 Å². The first-order valence-electron chi connectivity index (χ1n) is 7.68. The fourth-order valence-corrected chi connectivity index (χ4v) is 2.63. The van der Waals surface area contributed by atoms with Gasteiger partial charge in [-0.2, -0.15) is 13.2 Å². The summed E-state index contributed by atoms with van der Waals surface area (Å²) in [6.45, 7) is 0. The van der Waals surface area contributed by atoms with Crippen LogP contribution in [0.4, 0.5) is 23.2 Å². The normalized spacial score (nSPS) is 11.3. The van der Waals surface area contributed by atoms with Gasteiger partial charge in [0.2, 0.25) is 0 Å². The Morgan fingerprint density at radius 3 is 2.57 bits per heavy atom. The van der Waals surface area contributed by atoms with E-state index in [1.54, 1.807) is 0 Å². The van der Waals surface area contributed by atoms with Crippen LogP contribution >= 0.6 is 11.6 Å². The predicted molar refractivity (Wildman–Crippen MR) is 92.8 cm³/mol. The third kappa shape index (κ3) is 4.04. The van der Waals surface area contributed by atoms with Crippen LogP contribution in [-0.2, 0) is 6.18 Å². The second kappa shape index (κ2) is 7.43. The summed E-state index contributed by atoms with van der Waals surface area (Å²) in [7, 11) is 0. The highest BCUT2D eigenvalue weighted by molar-refractivity contribution is 6.35. The molecule has 144 valence electrons. The minimum atomic E-state index is -4.66. The number of hydrogen-bond acceptors (Lipinski definition) is 3. The molecular weight excluding hydrogens is 402 g/mol. The van der Waals surface area contributed by atoms with E-state index in [0.29, 0.717) is 6.07 Å². The Labute approximate surface area is 160 Å². The number of ketones is 1.